The molecule has 1 unspecified atom stereocenters. The molecule has 3 nitrogen and oxygen atoms in total. The molecule has 2 N–H and O–H groups in total. The lowest BCUT2D eigenvalue weighted by atomic mass is 10.0. The Labute approximate surface area is 113 Å². The third kappa shape index (κ3) is 3.93. The van der Waals surface area contributed by atoms with Crippen LogP contribution in [0.3, 0.4) is 0 Å². The smallest absolute Gasteiger partial charge is 0.127 e. The first-order valence-electron chi connectivity index (χ1n) is 6.84. The van der Waals surface area contributed by atoms with Crippen LogP contribution in [0.5, 0.6) is 5.75 Å². The third-order valence-corrected chi connectivity index (χ3v) is 3.62. The van der Waals surface area contributed by atoms with E-state index in [1.165, 1.54) is 37.8 Å². The Morgan fingerprint density at radius 3 is 2.47 bits per heavy atom. The number of phenolic OH excluding ortho intramolecular Hbond substituents is 1. The normalized spacial score (nSPS) is 18.5. The zero-order chi connectivity index (χ0) is 13.7. The second-order valence-electron chi connectivity index (χ2n) is 5.16. The summed E-state index contributed by atoms with van der Waals surface area (Å²) in [6, 6.07) is 5.68. The molecule has 0 radical (unpaired) electrons. The summed E-state index contributed by atoms with van der Waals surface area (Å²) < 4.78 is 13.3. The van der Waals surface area contributed by atoms with E-state index in [2.05, 4.69) is 11.4 Å². The Hall–Kier alpha value is -1.60. The van der Waals surface area contributed by atoms with Crippen molar-refractivity contribution >= 4 is 0 Å². The number of rotatable bonds is 3. The van der Waals surface area contributed by atoms with Crippen molar-refractivity contribution in [1.82, 2.24) is 5.32 Å². The van der Waals surface area contributed by atoms with Gasteiger partial charge in [-0.3, -0.25) is 5.32 Å². The predicted molar refractivity (Wildman–Crippen MR) is 71.0 cm³/mol. The Balaban J connectivity index is 2.08. The molecule has 0 heterocycles. The van der Waals surface area contributed by atoms with Gasteiger partial charge in [0.2, 0.25) is 0 Å². The molecular weight excluding hydrogens is 243 g/mol. The molecule has 0 amide bonds. The molecule has 2 rings (SSSR count). The molecule has 1 fully saturated rings. The molecule has 1 saturated carbocycles. The minimum atomic E-state index is -0.565. The molecule has 4 heteroatoms. The number of aromatic hydroxyl groups is 1. The maximum atomic E-state index is 13.3. The zero-order valence-corrected chi connectivity index (χ0v) is 10.9. The van der Waals surface area contributed by atoms with E-state index in [1.54, 1.807) is 0 Å². The van der Waals surface area contributed by atoms with Gasteiger partial charge in [0.1, 0.15) is 17.6 Å². The van der Waals surface area contributed by atoms with E-state index in [9.17, 15) is 14.8 Å². The topological polar surface area (TPSA) is 56.0 Å². The van der Waals surface area contributed by atoms with Crippen molar-refractivity contribution < 1.29 is 9.50 Å². The second kappa shape index (κ2) is 6.53. The van der Waals surface area contributed by atoms with Crippen LogP contribution in [-0.4, -0.2) is 11.1 Å². The van der Waals surface area contributed by atoms with Gasteiger partial charge in [-0.2, -0.15) is 5.26 Å². The van der Waals surface area contributed by atoms with Crippen LogP contribution in [0.25, 0.3) is 0 Å². The fourth-order valence-corrected chi connectivity index (χ4v) is 2.65. The highest BCUT2D eigenvalue weighted by Crippen LogP contribution is 2.23. The van der Waals surface area contributed by atoms with Crippen molar-refractivity contribution in [2.24, 2.45) is 0 Å². The van der Waals surface area contributed by atoms with Crippen molar-refractivity contribution in [2.45, 2.75) is 50.6 Å². The highest BCUT2D eigenvalue weighted by molar-refractivity contribution is 5.33. The van der Waals surface area contributed by atoms with E-state index in [-0.39, 0.29) is 5.75 Å². The van der Waals surface area contributed by atoms with Crippen molar-refractivity contribution in [3.63, 3.8) is 0 Å². The number of nitrogens with zero attached hydrogens (tertiary/aromatic N) is 1. The summed E-state index contributed by atoms with van der Waals surface area (Å²) in [5, 5.41) is 21.9. The Bertz CT molecular complexity index is 441. The fraction of sp³-hybridized carbons (Fsp3) is 0.533. The molecule has 0 spiro atoms. The van der Waals surface area contributed by atoms with Gasteiger partial charge in [0.25, 0.3) is 0 Å². The molecule has 1 aromatic rings. The van der Waals surface area contributed by atoms with Gasteiger partial charge in [-0.15, -0.1) is 0 Å². The van der Waals surface area contributed by atoms with Gasteiger partial charge in [0.15, 0.2) is 0 Å². The summed E-state index contributed by atoms with van der Waals surface area (Å²) in [6.07, 6.45) is 6.94. The van der Waals surface area contributed by atoms with Crippen LogP contribution < -0.4 is 5.32 Å². The zero-order valence-electron chi connectivity index (χ0n) is 10.9. The number of hydrogen-bond acceptors (Lipinski definition) is 3. The van der Waals surface area contributed by atoms with Crippen LogP contribution in [0.2, 0.25) is 0 Å². The molecule has 1 aliphatic carbocycles. The average Bonchev–Trinajstić information content (AvgIpc) is 2.63. The molecule has 0 bridgehead atoms. The Morgan fingerprint density at radius 2 is 1.89 bits per heavy atom. The molecule has 0 aliphatic heterocycles. The number of halogens is 1. The van der Waals surface area contributed by atoms with E-state index in [1.807, 2.05) is 0 Å². The van der Waals surface area contributed by atoms with Gasteiger partial charge >= 0.3 is 0 Å². The number of benzene rings is 1. The van der Waals surface area contributed by atoms with Crippen LogP contribution in [-0.2, 0) is 0 Å². The molecular formula is C15H19FN2O. The quantitative estimate of drug-likeness (QED) is 0.821. The fourth-order valence-electron chi connectivity index (χ4n) is 2.65. The van der Waals surface area contributed by atoms with Gasteiger partial charge < -0.3 is 5.11 Å². The minimum Gasteiger partial charge on any atom is -0.508 e. The van der Waals surface area contributed by atoms with Crippen LogP contribution in [0.4, 0.5) is 4.39 Å². The maximum Gasteiger partial charge on any atom is 0.127 e. The van der Waals surface area contributed by atoms with E-state index >= 15 is 0 Å². The molecule has 1 atom stereocenters. The van der Waals surface area contributed by atoms with Crippen molar-refractivity contribution in [3.05, 3.63) is 29.6 Å². The van der Waals surface area contributed by atoms with Gasteiger partial charge in [0.05, 0.1) is 6.07 Å². The first kappa shape index (κ1) is 13.8. The predicted octanol–water partition coefficient (Wildman–Crippen LogP) is 3.41. The number of hydrogen-bond donors (Lipinski definition) is 2. The molecule has 1 aromatic carbocycles. The van der Waals surface area contributed by atoms with Crippen molar-refractivity contribution in [3.8, 4) is 11.8 Å². The van der Waals surface area contributed by atoms with E-state index in [0.29, 0.717) is 11.6 Å². The molecule has 0 saturated heterocycles. The van der Waals surface area contributed by atoms with E-state index < -0.39 is 11.9 Å². The lowest BCUT2D eigenvalue weighted by Gasteiger charge is -2.20. The lowest BCUT2D eigenvalue weighted by Crippen LogP contribution is -2.31. The first-order chi connectivity index (χ1) is 9.19. The first-order valence-corrected chi connectivity index (χ1v) is 6.84. The summed E-state index contributed by atoms with van der Waals surface area (Å²) in [7, 11) is 0. The van der Waals surface area contributed by atoms with E-state index in [0.717, 1.165) is 18.9 Å². The van der Waals surface area contributed by atoms with Crippen LogP contribution >= 0.6 is 0 Å². The number of nitrogens with one attached hydrogen (secondary N) is 1. The Kier molecular flexibility index (Phi) is 4.75. The monoisotopic (exact) mass is 262 g/mol. The average molecular weight is 262 g/mol. The third-order valence-electron chi connectivity index (χ3n) is 3.62. The number of phenols is 1. The van der Waals surface area contributed by atoms with Gasteiger partial charge in [-0.1, -0.05) is 25.7 Å². The highest BCUT2D eigenvalue weighted by atomic mass is 19.1. The standard InChI is InChI=1S/C15H19FN2O/c16-12-7-11(8-14(19)9-12)15(10-17)18-13-5-3-1-2-4-6-13/h7-9,13,15,18-19H,1-6H2. The van der Waals surface area contributed by atoms with E-state index in [4.69, 9.17) is 0 Å². The SMILES string of the molecule is N#CC(NC1CCCCCC1)c1cc(O)cc(F)c1. The van der Waals surface area contributed by atoms with Crippen LogP contribution in [0.1, 0.15) is 50.1 Å². The van der Waals surface area contributed by atoms with Crippen LogP contribution in [0, 0.1) is 17.1 Å². The molecule has 1 aliphatic rings. The van der Waals surface area contributed by atoms with Gasteiger partial charge in [-0.25, -0.2) is 4.39 Å². The molecule has 0 aromatic heterocycles. The minimum absolute atomic E-state index is 0.141. The largest absolute Gasteiger partial charge is 0.508 e. The summed E-state index contributed by atoms with van der Waals surface area (Å²) in [6.45, 7) is 0. The van der Waals surface area contributed by atoms with Gasteiger partial charge in [-0.05, 0) is 30.5 Å². The van der Waals surface area contributed by atoms with Gasteiger partial charge in [0, 0.05) is 12.1 Å². The highest BCUT2D eigenvalue weighted by Gasteiger charge is 2.19. The summed E-state index contributed by atoms with van der Waals surface area (Å²) in [5.74, 6) is -0.657. The van der Waals surface area contributed by atoms with Crippen molar-refractivity contribution in [1.29, 1.82) is 5.26 Å². The molecule has 102 valence electrons. The second-order valence-corrected chi connectivity index (χ2v) is 5.16. The summed E-state index contributed by atoms with van der Waals surface area (Å²) in [5.41, 5.74) is 0.490. The number of nitriles is 1. The molecule has 19 heavy (non-hydrogen) atoms. The van der Waals surface area contributed by atoms with Crippen LogP contribution in [0.15, 0.2) is 18.2 Å². The maximum absolute atomic E-state index is 13.3. The summed E-state index contributed by atoms with van der Waals surface area (Å²) >= 11 is 0. The summed E-state index contributed by atoms with van der Waals surface area (Å²) in [4.78, 5) is 0. The Morgan fingerprint density at radius 1 is 1.21 bits per heavy atom. The van der Waals surface area contributed by atoms with Crippen molar-refractivity contribution in [2.75, 3.05) is 0 Å². The lowest BCUT2D eigenvalue weighted by molar-refractivity contribution is 0.432.